The van der Waals surface area contributed by atoms with E-state index in [1.807, 2.05) is 60.7 Å². The Hall–Kier alpha value is -2.86. The van der Waals surface area contributed by atoms with Crippen LogP contribution in [0.25, 0.3) is 6.08 Å². The lowest BCUT2D eigenvalue weighted by Crippen LogP contribution is -2.41. The first kappa shape index (κ1) is 20.5. The molecule has 3 heteroatoms. The van der Waals surface area contributed by atoms with E-state index in [-0.39, 0.29) is 0 Å². The zero-order valence-corrected chi connectivity index (χ0v) is 16.1. The Morgan fingerprint density at radius 3 is 2.30 bits per heavy atom. The summed E-state index contributed by atoms with van der Waals surface area (Å²) in [5, 5.41) is 9.84. The van der Waals surface area contributed by atoms with Gasteiger partial charge < -0.3 is 4.74 Å². The van der Waals surface area contributed by atoms with Gasteiger partial charge in [-0.2, -0.15) is 5.26 Å². The summed E-state index contributed by atoms with van der Waals surface area (Å²) in [7, 11) is 0. The summed E-state index contributed by atoms with van der Waals surface area (Å²) in [4.78, 5) is 12.4. The number of ether oxygens (including phenoxy) is 1. The molecule has 0 aliphatic carbocycles. The summed E-state index contributed by atoms with van der Waals surface area (Å²) in [6.45, 7) is 4.18. The van der Waals surface area contributed by atoms with Gasteiger partial charge in [-0.15, -0.1) is 0 Å². The number of nitriles is 1. The molecular formula is C24H27NO2. The standard InChI is InChI=1S/C24H27NO2/c1-3-5-18-24(4-2,21-14-10-7-11-15-21)22(19-25)27-23(26)17-16-20-12-8-6-9-13-20/h6-17,22H,3-5,18H2,1-2H3/b17-16+. The number of unbranched alkanes of at least 4 members (excludes halogenated alkanes) is 1. The second-order valence-electron chi connectivity index (χ2n) is 6.67. The van der Waals surface area contributed by atoms with Crippen LogP contribution in [0.1, 0.15) is 50.7 Å². The van der Waals surface area contributed by atoms with Gasteiger partial charge in [0.25, 0.3) is 0 Å². The molecule has 0 aliphatic heterocycles. The summed E-state index contributed by atoms with van der Waals surface area (Å²) >= 11 is 0. The highest BCUT2D eigenvalue weighted by Gasteiger charge is 2.41. The highest BCUT2D eigenvalue weighted by atomic mass is 16.5. The zero-order valence-electron chi connectivity index (χ0n) is 16.1. The predicted molar refractivity (Wildman–Crippen MR) is 109 cm³/mol. The Bertz CT molecular complexity index is 777. The van der Waals surface area contributed by atoms with Crippen LogP contribution in [0.3, 0.4) is 0 Å². The van der Waals surface area contributed by atoms with E-state index in [0.29, 0.717) is 0 Å². The second kappa shape index (κ2) is 10.3. The molecule has 0 bridgehead atoms. The first-order valence-electron chi connectivity index (χ1n) is 9.55. The smallest absolute Gasteiger partial charge is 0.332 e. The lowest BCUT2D eigenvalue weighted by atomic mass is 9.70. The Labute approximate surface area is 162 Å². The quantitative estimate of drug-likeness (QED) is 0.427. The minimum Gasteiger partial charge on any atom is -0.443 e. The largest absolute Gasteiger partial charge is 0.443 e. The number of hydrogen-bond acceptors (Lipinski definition) is 3. The van der Waals surface area contributed by atoms with Crippen molar-refractivity contribution in [1.82, 2.24) is 0 Å². The van der Waals surface area contributed by atoms with Crippen molar-refractivity contribution in [3.05, 3.63) is 77.9 Å². The highest BCUT2D eigenvalue weighted by Crippen LogP contribution is 2.38. The average molecular weight is 361 g/mol. The lowest BCUT2D eigenvalue weighted by Gasteiger charge is -2.36. The van der Waals surface area contributed by atoms with Crippen LogP contribution in [-0.2, 0) is 14.9 Å². The molecular weight excluding hydrogens is 334 g/mol. The van der Waals surface area contributed by atoms with Crippen molar-refractivity contribution in [1.29, 1.82) is 5.26 Å². The van der Waals surface area contributed by atoms with Gasteiger partial charge in [0.05, 0.1) is 0 Å². The molecule has 2 unspecified atom stereocenters. The van der Waals surface area contributed by atoms with Crippen LogP contribution < -0.4 is 0 Å². The van der Waals surface area contributed by atoms with E-state index in [9.17, 15) is 10.1 Å². The number of esters is 1. The topological polar surface area (TPSA) is 50.1 Å². The first-order valence-corrected chi connectivity index (χ1v) is 9.55. The number of benzene rings is 2. The van der Waals surface area contributed by atoms with Crippen molar-refractivity contribution in [3.63, 3.8) is 0 Å². The molecule has 0 radical (unpaired) electrons. The predicted octanol–water partition coefficient (Wildman–Crippen LogP) is 5.67. The molecule has 2 aromatic rings. The molecule has 0 fully saturated rings. The Balaban J connectivity index is 2.25. The van der Waals surface area contributed by atoms with Crippen molar-refractivity contribution < 1.29 is 9.53 Å². The van der Waals surface area contributed by atoms with Crippen LogP contribution in [-0.4, -0.2) is 12.1 Å². The van der Waals surface area contributed by atoms with E-state index in [1.165, 1.54) is 6.08 Å². The lowest BCUT2D eigenvalue weighted by molar-refractivity contribution is -0.143. The molecule has 2 rings (SSSR count). The minimum atomic E-state index is -0.829. The van der Waals surface area contributed by atoms with Crippen molar-refractivity contribution >= 4 is 12.0 Å². The Kier molecular flexibility index (Phi) is 7.82. The maximum Gasteiger partial charge on any atom is 0.332 e. The fraction of sp³-hybridized carbons (Fsp3) is 0.333. The van der Waals surface area contributed by atoms with Crippen LogP contribution in [0.15, 0.2) is 66.7 Å². The van der Waals surface area contributed by atoms with Crippen LogP contribution in [0.4, 0.5) is 0 Å². The number of hydrogen-bond donors (Lipinski definition) is 0. The molecule has 140 valence electrons. The van der Waals surface area contributed by atoms with Gasteiger partial charge in [0.1, 0.15) is 6.07 Å². The van der Waals surface area contributed by atoms with Crippen LogP contribution >= 0.6 is 0 Å². The molecule has 0 N–H and O–H groups in total. The van der Waals surface area contributed by atoms with E-state index in [0.717, 1.165) is 36.8 Å². The third kappa shape index (κ3) is 5.31. The summed E-state index contributed by atoms with van der Waals surface area (Å²) < 4.78 is 5.64. The fourth-order valence-corrected chi connectivity index (χ4v) is 3.40. The van der Waals surface area contributed by atoms with Crippen molar-refractivity contribution in [2.24, 2.45) is 0 Å². The van der Waals surface area contributed by atoms with E-state index in [2.05, 4.69) is 19.9 Å². The number of rotatable bonds is 9. The third-order valence-corrected chi connectivity index (χ3v) is 5.02. The molecule has 0 saturated heterocycles. The molecule has 0 heterocycles. The maximum absolute atomic E-state index is 12.4. The van der Waals surface area contributed by atoms with Gasteiger partial charge in [0.2, 0.25) is 0 Å². The second-order valence-corrected chi connectivity index (χ2v) is 6.67. The van der Waals surface area contributed by atoms with E-state index in [4.69, 9.17) is 4.74 Å². The minimum absolute atomic E-state index is 0.490. The molecule has 2 aromatic carbocycles. The van der Waals surface area contributed by atoms with Gasteiger partial charge in [-0.25, -0.2) is 4.79 Å². The van der Waals surface area contributed by atoms with Gasteiger partial charge in [-0.05, 0) is 30.0 Å². The maximum atomic E-state index is 12.4. The van der Waals surface area contributed by atoms with Gasteiger partial charge >= 0.3 is 5.97 Å². The molecule has 3 nitrogen and oxygen atoms in total. The van der Waals surface area contributed by atoms with Crippen molar-refractivity contribution in [2.75, 3.05) is 0 Å². The number of nitrogens with zero attached hydrogens (tertiary/aromatic N) is 1. The van der Waals surface area contributed by atoms with Gasteiger partial charge in [0, 0.05) is 11.5 Å². The number of carbonyl (C=O) groups is 1. The van der Waals surface area contributed by atoms with Crippen molar-refractivity contribution in [3.8, 4) is 6.07 Å². The number of carbonyl (C=O) groups excluding carboxylic acids is 1. The molecule has 27 heavy (non-hydrogen) atoms. The van der Waals surface area contributed by atoms with Crippen molar-refractivity contribution in [2.45, 2.75) is 51.0 Å². The average Bonchev–Trinajstić information content (AvgIpc) is 2.73. The normalized spacial score (nSPS) is 14.3. The molecule has 0 aromatic heterocycles. The van der Waals surface area contributed by atoms with E-state index in [1.54, 1.807) is 6.08 Å². The summed E-state index contributed by atoms with van der Waals surface area (Å²) in [5.74, 6) is -0.490. The fourth-order valence-electron chi connectivity index (χ4n) is 3.40. The summed E-state index contributed by atoms with van der Waals surface area (Å²) in [6, 6.07) is 21.8. The monoisotopic (exact) mass is 361 g/mol. The summed E-state index contributed by atoms with van der Waals surface area (Å²) in [5.41, 5.74) is 1.47. The molecule has 0 saturated carbocycles. The first-order chi connectivity index (χ1) is 13.2. The summed E-state index contributed by atoms with van der Waals surface area (Å²) in [6.07, 6.45) is 5.80. The van der Waals surface area contributed by atoms with Crippen LogP contribution in [0, 0.1) is 11.3 Å². The van der Waals surface area contributed by atoms with Crippen LogP contribution in [0.2, 0.25) is 0 Å². The SMILES string of the molecule is CCCCC(CC)(c1ccccc1)C(C#N)OC(=O)/C=C/c1ccccc1. The van der Waals surface area contributed by atoms with E-state index >= 15 is 0 Å². The van der Waals surface area contributed by atoms with Gasteiger partial charge in [-0.1, -0.05) is 87.4 Å². The molecule has 0 spiro atoms. The Morgan fingerprint density at radius 2 is 1.74 bits per heavy atom. The molecule has 0 aliphatic rings. The van der Waals surface area contributed by atoms with Gasteiger partial charge in [-0.3, -0.25) is 0 Å². The zero-order chi connectivity index (χ0) is 19.5. The van der Waals surface area contributed by atoms with Crippen LogP contribution in [0.5, 0.6) is 0 Å². The van der Waals surface area contributed by atoms with Gasteiger partial charge in [0.15, 0.2) is 6.10 Å². The van der Waals surface area contributed by atoms with E-state index < -0.39 is 17.5 Å². The Morgan fingerprint density at radius 1 is 1.11 bits per heavy atom. The third-order valence-electron chi connectivity index (χ3n) is 5.02. The highest BCUT2D eigenvalue weighted by molar-refractivity contribution is 5.87. The molecule has 2 atom stereocenters. The molecule has 0 amide bonds.